The van der Waals surface area contributed by atoms with Gasteiger partial charge in [0.25, 0.3) is 0 Å². The number of nitrogens with one attached hydrogen (secondary N) is 2. The van der Waals surface area contributed by atoms with Crippen molar-refractivity contribution in [1.29, 1.82) is 0 Å². The van der Waals surface area contributed by atoms with Crippen molar-refractivity contribution in [3.63, 3.8) is 0 Å². The minimum atomic E-state index is 0.134. The Bertz CT molecular complexity index is 320. The summed E-state index contributed by atoms with van der Waals surface area (Å²) in [5.74, 6) is 0.818. The van der Waals surface area contributed by atoms with E-state index >= 15 is 0 Å². The summed E-state index contributed by atoms with van der Waals surface area (Å²) in [4.78, 5) is 0. The zero-order valence-corrected chi connectivity index (χ0v) is 11.3. The topological polar surface area (TPSA) is 33.3 Å². The molecular formula is C13H21ClN2O. The van der Waals surface area contributed by atoms with Gasteiger partial charge >= 0.3 is 0 Å². The summed E-state index contributed by atoms with van der Waals surface area (Å²) in [5.41, 5.74) is 0. The largest absolute Gasteiger partial charge is 0.489 e. The second-order valence-corrected chi connectivity index (χ2v) is 4.38. The van der Waals surface area contributed by atoms with E-state index < -0.39 is 0 Å². The van der Waals surface area contributed by atoms with Crippen LogP contribution in [0.3, 0.4) is 0 Å². The molecule has 3 nitrogen and oxygen atoms in total. The molecule has 1 unspecified atom stereocenters. The Morgan fingerprint density at radius 2 is 2.06 bits per heavy atom. The van der Waals surface area contributed by atoms with Crippen LogP contribution in [0.2, 0.25) is 5.02 Å². The zero-order valence-electron chi connectivity index (χ0n) is 10.5. The second kappa shape index (κ2) is 8.34. The van der Waals surface area contributed by atoms with Crippen molar-refractivity contribution in [1.82, 2.24) is 10.6 Å². The van der Waals surface area contributed by atoms with Crippen LogP contribution in [0.5, 0.6) is 5.75 Å². The van der Waals surface area contributed by atoms with Crippen LogP contribution in [0.1, 0.15) is 13.8 Å². The van der Waals surface area contributed by atoms with Gasteiger partial charge in [-0.25, -0.2) is 0 Å². The molecule has 0 saturated heterocycles. The molecule has 17 heavy (non-hydrogen) atoms. The highest BCUT2D eigenvalue weighted by Crippen LogP contribution is 2.17. The van der Waals surface area contributed by atoms with Crippen LogP contribution < -0.4 is 15.4 Å². The Kier molecular flexibility index (Phi) is 7.01. The Balaban J connectivity index is 2.18. The lowest BCUT2D eigenvalue weighted by Gasteiger charge is -2.15. The lowest BCUT2D eigenvalue weighted by Crippen LogP contribution is -2.34. The molecule has 0 amide bonds. The number of hydrogen-bond acceptors (Lipinski definition) is 3. The van der Waals surface area contributed by atoms with Gasteiger partial charge < -0.3 is 15.4 Å². The molecule has 0 radical (unpaired) electrons. The van der Waals surface area contributed by atoms with Gasteiger partial charge in [0.15, 0.2) is 0 Å². The first-order valence-electron chi connectivity index (χ1n) is 6.06. The SMILES string of the molecule is CCNCCNCC(C)Oc1cccc(Cl)c1. The first-order valence-corrected chi connectivity index (χ1v) is 6.44. The van der Waals surface area contributed by atoms with Gasteiger partial charge in [-0.2, -0.15) is 0 Å². The lowest BCUT2D eigenvalue weighted by atomic mass is 10.3. The summed E-state index contributed by atoms with van der Waals surface area (Å²) in [6.07, 6.45) is 0.134. The van der Waals surface area contributed by atoms with Gasteiger partial charge in [-0.15, -0.1) is 0 Å². The van der Waals surface area contributed by atoms with Crippen LogP contribution in [0.25, 0.3) is 0 Å². The Hall–Kier alpha value is -0.770. The molecule has 1 atom stereocenters. The molecule has 0 saturated carbocycles. The third-order valence-corrected chi connectivity index (χ3v) is 2.53. The lowest BCUT2D eigenvalue weighted by molar-refractivity contribution is 0.217. The molecule has 0 heterocycles. The molecule has 1 rings (SSSR count). The van der Waals surface area contributed by atoms with Gasteiger partial charge in [-0.1, -0.05) is 24.6 Å². The van der Waals surface area contributed by atoms with Crippen molar-refractivity contribution in [3.8, 4) is 5.75 Å². The molecular weight excluding hydrogens is 236 g/mol. The van der Waals surface area contributed by atoms with Crippen molar-refractivity contribution in [2.45, 2.75) is 20.0 Å². The average molecular weight is 257 g/mol. The van der Waals surface area contributed by atoms with Crippen LogP contribution in [0.15, 0.2) is 24.3 Å². The van der Waals surface area contributed by atoms with E-state index in [1.807, 2.05) is 31.2 Å². The summed E-state index contributed by atoms with van der Waals surface area (Å²) >= 11 is 5.89. The zero-order chi connectivity index (χ0) is 12.5. The summed E-state index contributed by atoms with van der Waals surface area (Å²) in [7, 11) is 0. The Morgan fingerprint density at radius 3 is 2.76 bits per heavy atom. The van der Waals surface area contributed by atoms with E-state index in [1.165, 1.54) is 0 Å². The second-order valence-electron chi connectivity index (χ2n) is 3.94. The van der Waals surface area contributed by atoms with Gasteiger partial charge in [0, 0.05) is 24.7 Å². The Labute approximate surface area is 109 Å². The number of rotatable bonds is 8. The van der Waals surface area contributed by atoms with Crippen molar-refractivity contribution >= 4 is 11.6 Å². The molecule has 0 bridgehead atoms. The van der Waals surface area contributed by atoms with Crippen molar-refractivity contribution < 1.29 is 4.74 Å². The van der Waals surface area contributed by atoms with Crippen molar-refractivity contribution in [2.75, 3.05) is 26.2 Å². The van der Waals surface area contributed by atoms with Crippen LogP contribution in [0, 0.1) is 0 Å². The fraction of sp³-hybridized carbons (Fsp3) is 0.538. The maximum atomic E-state index is 5.89. The predicted molar refractivity (Wildman–Crippen MR) is 73.0 cm³/mol. The van der Waals surface area contributed by atoms with Gasteiger partial charge in [-0.3, -0.25) is 0 Å². The van der Waals surface area contributed by atoms with Crippen LogP contribution in [-0.4, -0.2) is 32.3 Å². The van der Waals surface area contributed by atoms with Crippen LogP contribution >= 0.6 is 11.6 Å². The van der Waals surface area contributed by atoms with Crippen molar-refractivity contribution in [2.24, 2.45) is 0 Å². The van der Waals surface area contributed by atoms with Crippen molar-refractivity contribution in [3.05, 3.63) is 29.3 Å². The molecule has 96 valence electrons. The number of likely N-dealkylation sites (N-methyl/N-ethyl adjacent to an activating group) is 1. The number of hydrogen-bond donors (Lipinski definition) is 2. The summed E-state index contributed by atoms with van der Waals surface area (Å²) in [6, 6.07) is 7.48. The van der Waals surface area contributed by atoms with Gasteiger partial charge in [0.1, 0.15) is 11.9 Å². The molecule has 1 aromatic rings. The molecule has 0 aliphatic rings. The fourth-order valence-electron chi connectivity index (χ4n) is 1.47. The summed E-state index contributed by atoms with van der Waals surface area (Å²) in [6.45, 7) is 7.93. The molecule has 4 heteroatoms. The molecule has 0 fully saturated rings. The number of ether oxygens (including phenoxy) is 1. The van der Waals surface area contributed by atoms with E-state index in [0.717, 1.165) is 31.9 Å². The average Bonchev–Trinajstić information content (AvgIpc) is 2.29. The highest BCUT2D eigenvalue weighted by Gasteiger charge is 2.03. The molecule has 2 N–H and O–H groups in total. The highest BCUT2D eigenvalue weighted by atomic mass is 35.5. The van der Waals surface area contributed by atoms with Gasteiger partial charge in [0.05, 0.1) is 0 Å². The molecule has 0 aliphatic heterocycles. The minimum Gasteiger partial charge on any atom is -0.489 e. The first kappa shape index (κ1) is 14.3. The Morgan fingerprint density at radius 1 is 1.29 bits per heavy atom. The first-order chi connectivity index (χ1) is 8.22. The van der Waals surface area contributed by atoms with E-state index in [-0.39, 0.29) is 6.10 Å². The third-order valence-electron chi connectivity index (χ3n) is 2.29. The predicted octanol–water partition coefficient (Wildman–Crippen LogP) is 2.31. The van der Waals surface area contributed by atoms with Gasteiger partial charge in [-0.05, 0) is 31.7 Å². The maximum Gasteiger partial charge on any atom is 0.121 e. The van der Waals surface area contributed by atoms with E-state index in [1.54, 1.807) is 0 Å². The third kappa shape index (κ3) is 6.51. The van der Waals surface area contributed by atoms with E-state index in [2.05, 4.69) is 17.6 Å². The summed E-state index contributed by atoms with van der Waals surface area (Å²) < 4.78 is 5.73. The van der Waals surface area contributed by atoms with Crippen LogP contribution in [0.4, 0.5) is 0 Å². The maximum absolute atomic E-state index is 5.89. The van der Waals surface area contributed by atoms with E-state index in [9.17, 15) is 0 Å². The minimum absolute atomic E-state index is 0.134. The quantitative estimate of drug-likeness (QED) is 0.701. The smallest absolute Gasteiger partial charge is 0.121 e. The molecule has 0 aliphatic carbocycles. The number of benzene rings is 1. The van der Waals surface area contributed by atoms with Gasteiger partial charge in [0.2, 0.25) is 0 Å². The van der Waals surface area contributed by atoms with E-state index in [4.69, 9.17) is 16.3 Å². The molecule has 0 spiro atoms. The number of halogens is 1. The normalized spacial score (nSPS) is 12.4. The molecule has 0 aromatic heterocycles. The van der Waals surface area contributed by atoms with Crippen LogP contribution in [-0.2, 0) is 0 Å². The highest BCUT2D eigenvalue weighted by molar-refractivity contribution is 6.30. The monoisotopic (exact) mass is 256 g/mol. The van der Waals surface area contributed by atoms with E-state index in [0.29, 0.717) is 5.02 Å². The summed E-state index contributed by atoms with van der Waals surface area (Å²) in [5, 5.41) is 7.30. The standard InChI is InChI=1S/C13H21ClN2O/c1-3-15-7-8-16-10-11(2)17-13-6-4-5-12(14)9-13/h4-6,9,11,15-16H,3,7-8,10H2,1-2H3. The molecule has 1 aromatic carbocycles. The fourth-order valence-corrected chi connectivity index (χ4v) is 1.65.